The van der Waals surface area contributed by atoms with E-state index in [2.05, 4.69) is 0 Å². The number of rotatable bonds is 5. The third-order valence-electron chi connectivity index (χ3n) is 3.54. The molecule has 4 heteroatoms. The third-order valence-corrected chi connectivity index (χ3v) is 3.54. The highest BCUT2D eigenvalue weighted by Gasteiger charge is 2.15. The molecule has 3 rings (SSSR count). The largest absolute Gasteiger partial charge is 0.489 e. The van der Waals surface area contributed by atoms with E-state index in [4.69, 9.17) is 4.74 Å². The fourth-order valence-corrected chi connectivity index (χ4v) is 2.27. The summed E-state index contributed by atoms with van der Waals surface area (Å²) < 4.78 is 32.5. The maximum Gasteiger partial charge on any atom is 0.196 e. The van der Waals surface area contributed by atoms with Gasteiger partial charge in [-0.05, 0) is 48.0 Å². The molecule has 0 aliphatic rings. The molecule has 0 aromatic heterocycles. The number of carbonyl (C=O) groups excluding carboxylic acids is 1. The summed E-state index contributed by atoms with van der Waals surface area (Å²) in [5, 5.41) is 0. The second-order valence-corrected chi connectivity index (χ2v) is 5.25. The first-order chi connectivity index (χ1) is 11.6. The Bertz CT molecular complexity index is 843. The van der Waals surface area contributed by atoms with Crippen molar-refractivity contribution in [3.63, 3.8) is 0 Å². The summed E-state index contributed by atoms with van der Waals surface area (Å²) in [7, 11) is 0. The van der Waals surface area contributed by atoms with Gasteiger partial charge in [0.15, 0.2) is 5.78 Å². The second-order valence-electron chi connectivity index (χ2n) is 5.25. The van der Waals surface area contributed by atoms with Crippen molar-refractivity contribution >= 4 is 5.78 Å². The molecule has 24 heavy (non-hydrogen) atoms. The van der Waals surface area contributed by atoms with E-state index >= 15 is 0 Å². The molecule has 0 atom stereocenters. The van der Waals surface area contributed by atoms with Crippen LogP contribution in [0.5, 0.6) is 5.75 Å². The van der Waals surface area contributed by atoms with Crippen LogP contribution >= 0.6 is 0 Å². The average molecular weight is 324 g/mol. The molecule has 0 N–H and O–H groups in total. The zero-order chi connectivity index (χ0) is 16.9. The van der Waals surface area contributed by atoms with Crippen molar-refractivity contribution in [1.29, 1.82) is 0 Å². The smallest absolute Gasteiger partial charge is 0.196 e. The lowest BCUT2D eigenvalue weighted by molar-refractivity contribution is 0.103. The summed E-state index contributed by atoms with van der Waals surface area (Å²) >= 11 is 0. The molecule has 0 unspecified atom stereocenters. The molecule has 0 amide bonds. The third kappa shape index (κ3) is 3.66. The Labute approximate surface area is 138 Å². The number of halogens is 2. The summed E-state index contributed by atoms with van der Waals surface area (Å²) in [4.78, 5) is 12.3. The highest BCUT2D eigenvalue weighted by molar-refractivity contribution is 6.09. The molecular weight excluding hydrogens is 310 g/mol. The Hall–Kier alpha value is -3.01. The van der Waals surface area contributed by atoms with Gasteiger partial charge in [-0.1, -0.05) is 30.3 Å². The number of benzene rings is 3. The lowest BCUT2D eigenvalue weighted by atomic mass is 10.0. The highest BCUT2D eigenvalue weighted by atomic mass is 19.1. The number of ether oxygens (including phenoxy) is 1. The van der Waals surface area contributed by atoms with E-state index in [0.29, 0.717) is 12.4 Å². The molecule has 0 heterocycles. The summed E-state index contributed by atoms with van der Waals surface area (Å²) in [5.74, 6) is -1.37. The molecule has 0 aliphatic heterocycles. The maximum absolute atomic E-state index is 13.7. The Balaban J connectivity index is 1.72. The fourth-order valence-electron chi connectivity index (χ4n) is 2.27. The summed E-state index contributed by atoms with van der Waals surface area (Å²) in [5.41, 5.74) is 1.01. The highest BCUT2D eigenvalue weighted by Crippen LogP contribution is 2.19. The standard InChI is InChI=1S/C20H14F2O2/c21-16-8-11-19(22)18(12-16)20(23)15-6-9-17(10-7-15)24-13-14-4-2-1-3-5-14/h1-12H,13H2. The maximum atomic E-state index is 13.7. The van der Waals surface area contributed by atoms with E-state index in [0.717, 1.165) is 23.8 Å². The van der Waals surface area contributed by atoms with Crippen LogP contribution in [-0.2, 0) is 6.61 Å². The molecule has 0 radical (unpaired) electrons. The van der Waals surface area contributed by atoms with Gasteiger partial charge in [0.1, 0.15) is 24.0 Å². The van der Waals surface area contributed by atoms with Crippen molar-refractivity contribution in [2.45, 2.75) is 6.61 Å². The Morgan fingerprint density at radius 3 is 2.29 bits per heavy atom. The van der Waals surface area contributed by atoms with Crippen LogP contribution in [0.4, 0.5) is 8.78 Å². The number of hydrogen-bond donors (Lipinski definition) is 0. The summed E-state index contributed by atoms with van der Waals surface area (Å²) in [6, 6.07) is 18.8. The topological polar surface area (TPSA) is 26.3 Å². The molecule has 0 saturated carbocycles. The van der Waals surface area contributed by atoms with Crippen LogP contribution in [0.25, 0.3) is 0 Å². The monoisotopic (exact) mass is 324 g/mol. The van der Waals surface area contributed by atoms with E-state index < -0.39 is 17.4 Å². The molecule has 3 aromatic carbocycles. The first-order valence-corrected chi connectivity index (χ1v) is 7.40. The van der Waals surface area contributed by atoms with Gasteiger partial charge in [0.25, 0.3) is 0 Å². The first-order valence-electron chi connectivity index (χ1n) is 7.40. The Kier molecular flexibility index (Phi) is 4.66. The van der Waals surface area contributed by atoms with E-state index in [1.54, 1.807) is 12.1 Å². The van der Waals surface area contributed by atoms with Gasteiger partial charge in [0.05, 0.1) is 5.56 Å². The van der Waals surface area contributed by atoms with Crippen molar-refractivity contribution in [3.8, 4) is 5.75 Å². The van der Waals surface area contributed by atoms with Crippen LogP contribution in [0, 0.1) is 11.6 Å². The number of hydrogen-bond acceptors (Lipinski definition) is 2. The van der Waals surface area contributed by atoms with E-state index in [-0.39, 0.29) is 11.1 Å². The Morgan fingerprint density at radius 2 is 1.58 bits per heavy atom. The van der Waals surface area contributed by atoms with Crippen LogP contribution in [0.2, 0.25) is 0 Å². The van der Waals surface area contributed by atoms with Crippen LogP contribution in [0.3, 0.4) is 0 Å². The predicted octanol–water partition coefficient (Wildman–Crippen LogP) is 4.77. The quantitative estimate of drug-likeness (QED) is 0.632. The molecule has 2 nitrogen and oxygen atoms in total. The minimum atomic E-state index is -0.745. The van der Waals surface area contributed by atoms with Crippen LogP contribution in [-0.4, -0.2) is 5.78 Å². The first kappa shape index (κ1) is 15.9. The summed E-state index contributed by atoms with van der Waals surface area (Å²) in [6.45, 7) is 0.409. The lowest BCUT2D eigenvalue weighted by Crippen LogP contribution is -2.05. The van der Waals surface area contributed by atoms with Gasteiger partial charge >= 0.3 is 0 Å². The van der Waals surface area contributed by atoms with E-state index in [1.165, 1.54) is 12.1 Å². The molecule has 0 aliphatic carbocycles. The second kappa shape index (κ2) is 7.04. The van der Waals surface area contributed by atoms with Crippen molar-refractivity contribution in [3.05, 3.63) is 101 Å². The van der Waals surface area contributed by atoms with Gasteiger partial charge in [-0.25, -0.2) is 8.78 Å². The van der Waals surface area contributed by atoms with Crippen LogP contribution in [0.1, 0.15) is 21.5 Å². The predicted molar refractivity (Wildman–Crippen MR) is 87.0 cm³/mol. The Morgan fingerprint density at radius 1 is 0.875 bits per heavy atom. The molecule has 0 bridgehead atoms. The van der Waals surface area contributed by atoms with E-state index in [1.807, 2.05) is 30.3 Å². The minimum Gasteiger partial charge on any atom is -0.489 e. The molecule has 120 valence electrons. The lowest BCUT2D eigenvalue weighted by Gasteiger charge is -2.07. The van der Waals surface area contributed by atoms with Gasteiger partial charge in [-0.3, -0.25) is 4.79 Å². The van der Waals surface area contributed by atoms with Crippen molar-refractivity contribution in [2.24, 2.45) is 0 Å². The zero-order valence-corrected chi connectivity index (χ0v) is 12.7. The van der Waals surface area contributed by atoms with Gasteiger partial charge in [-0.15, -0.1) is 0 Å². The zero-order valence-electron chi connectivity index (χ0n) is 12.7. The van der Waals surface area contributed by atoms with Crippen molar-refractivity contribution in [2.75, 3.05) is 0 Å². The SMILES string of the molecule is O=C(c1ccc(OCc2ccccc2)cc1)c1cc(F)ccc1F. The summed E-state index contributed by atoms with van der Waals surface area (Å²) in [6.07, 6.45) is 0. The van der Waals surface area contributed by atoms with Crippen molar-refractivity contribution < 1.29 is 18.3 Å². The molecule has 0 saturated heterocycles. The van der Waals surface area contributed by atoms with Gasteiger partial charge in [0.2, 0.25) is 0 Å². The molecule has 3 aromatic rings. The van der Waals surface area contributed by atoms with Crippen LogP contribution in [0.15, 0.2) is 72.8 Å². The van der Waals surface area contributed by atoms with Gasteiger partial charge in [-0.2, -0.15) is 0 Å². The molecule has 0 fully saturated rings. The van der Waals surface area contributed by atoms with E-state index in [9.17, 15) is 13.6 Å². The normalized spacial score (nSPS) is 10.4. The average Bonchev–Trinajstić information content (AvgIpc) is 2.63. The van der Waals surface area contributed by atoms with Gasteiger partial charge < -0.3 is 4.74 Å². The minimum absolute atomic E-state index is 0.270. The molecule has 0 spiro atoms. The number of ketones is 1. The van der Waals surface area contributed by atoms with Gasteiger partial charge in [0, 0.05) is 5.56 Å². The number of carbonyl (C=O) groups is 1. The fraction of sp³-hybridized carbons (Fsp3) is 0.0500. The van der Waals surface area contributed by atoms with Crippen LogP contribution < -0.4 is 4.74 Å². The molecular formula is C20H14F2O2. The van der Waals surface area contributed by atoms with Crippen molar-refractivity contribution in [1.82, 2.24) is 0 Å².